The van der Waals surface area contributed by atoms with Gasteiger partial charge >= 0.3 is 0 Å². The average molecular weight is 342 g/mol. The van der Waals surface area contributed by atoms with Crippen LogP contribution in [0.25, 0.3) is 0 Å². The van der Waals surface area contributed by atoms with Crippen molar-refractivity contribution in [1.29, 1.82) is 0 Å². The zero-order valence-corrected chi connectivity index (χ0v) is 15.9. The van der Waals surface area contributed by atoms with Crippen LogP contribution in [0.1, 0.15) is 66.2 Å². The van der Waals surface area contributed by atoms with E-state index in [0.717, 1.165) is 25.7 Å². The minimum Gasteiger partial charge on any atom is -0.392 e. The molecular formula is C22H30O3. The molecule has 0 heterocycles. The summed E-state index contributed by atoms with van der Waals surface area (Å²) in [6.45, 7) is 8.63. The van der Waals surface area contributed by atoms with Crippen LogP contribution < -0.4 is 0 Å². The summed E-state index contributed by atoms with van der Waals surface area (Å²) in [6.07, 6.45) is 8.89. The predicted molar refractivity (Wildman–Crippen MR) is 94.7 cm³/mol. The fourth-order valence-electron chi connectivity index (χ4n) is 8.39. The van der Waals surface area contributed by atoms with Crippen molar-refractivity contribution in [2.24, 2.45) is 38.9 Å². The third kappa shape index (κ3) is 1.41. The Balaban J connectivity index is 1.66. The van der Waals surface area contributed by atoms with Gasteiger partial charge in [0, 0.05) is 28.1 Å². The van der Waals surface area contributed by atoms with Gasteiger partial charge in [-0.1, -0.05) is 33.8 Å². The van der Waals surface area contributed by atoms with Gasteiger partial charge in [-0.3, -0.25) is 9.59 Å². The molecule has 0 aromatic rings. The first kappa shape index (κ1) is 16.2. The Hall–Kier alpha value is -0.960. The Labute approximate surface area is 150 Å². The van der Waals surface area contributed by atoms with E-state index in [-0.39, 0.29) is 32.9 Å². The molecule has 0 aromatic carbocycles. The first-order chi connectivity index (χ1) is 11.6. The third-order valence-corrected chi connectivity index (χ3v) is 10.1. The molecule has 3 heteroatoms. The summed E-state index contributed by atoms with van der Waals surface area (Å²) in [6, 6.07) is 0. The number of hydrogen-bond acceptors (Lipinski definition) is 3. The minimum absolute atomic E-state index is 0.00276. The van der Waals surface area contributed by atoms with E-state index in [9.17, 15) is 14.7 Å². The number of hydrogen-bond donors (Lipinski definition) is 1. The van der Waals surface area contributed by atoms with Crippen molar-refractivity contribution >= 4 is 11.6 Å². The maximum Gasteiger partial charge on any atom is 0.161 e. The molecule has 1 N–H and O–H groups in total. The summed E-state index contributed by atoms with van der Waals surface area (Å²) in [5, 5.41) is 11.3. The van der Waals surface area contributed by atoms with E-state index in [4.69, 9.17) is 0 Å². The number of allylic oxidation sites excluding steroid dienone is 2. The highest BCUT2D eigenvalue weighted by Gasteiger charge is 2.84. The van der Waals surface area contributed by atoms with Crippen molar-refractivity contribution in [1.82, 2.24) is 0 Å². The Morgan fingerprint density at radius 2 is 1.76 bits per heavy atom. The van der Waals surface area contributed by atoms with Crippen molar-refractivity contribution in [3.63, 3.8) is 0 Å². The molecule has 25 heavy (non-hydrogen) atoms. The summed E-state index contributed by atoms with van der Waals surface area (Å²) in [7, 11) is 0. The van der Waals surface area contributed by atoms with Crippen LogP contribution in [-0.4, -0.2) is 22.8 Å². The molecule has 0 amide bonds. The van der Waals surface area contributed by atoms with Gasteiger partial charge in [0.25, 0.3) is 0 Å². The number of aliphatic hydroxyl groups excluding tert-OH is 1. The molecular weight excluding hydrogens is 312 g/mol. The van der Waals surface area contributed by atoms with E-state index in [1.165, 1.54) is 0 Å². The van der Waals surface area contributed by atoms with Crippen molar-refractivity contribution in [3.05, 3.63) is 12.2 Å². The van der Waals surface area contributed by atoms with Gasteiger partial charge in [-0.15, -0.1) is 0 Å². The van der Waals surface area contributed by atoms with Gasteiger partial charge in [0.15, 0.2) is 5.78 Å². The molecule has 0 aromatic heterocycles. The highest BCUT2D eigenvalue weighted by molar-refractivity contribution is 5.96. The van der Waals surface area contributed by atoms with E-state index in [1.807, 2.05) is 0 Å². The molecule has 0 bridgehead atoms. The topological polar surface area (TPSA) is 54.4 Å². The van der Waals surface area contributed by atoms with Crippen LogP contribution in [0.2, 0.25) is 0 Å². The molecule has 7 atom stereocenters. The summed E-state index contributed by atoms with van der Waals surface area (Å²) in [5.74, 6) is 1.31. The van der Waals surface area contributed by atoms with E-state index in [0.29, 0.717) is 30.5 Å². The van der Waals surface area contributed by atoms with Gasteiger partial charge in [0.1, 0.15) is 5.78 Å². The van der Waals surface area contributed by atoms with Gasteiger partial charge in [0.2, 0.25) is 0 Å². The van der Waals surface area contributed by atoms with Gasteiger partial charge < -0.3 is 5.11 Å². The zero-order valence-electron chi connectivity index (χ0n) is 15.9. The Morgan fingerprint density at radius 3 is 2.48 bits per heavy atom. The van der Waals surface area contributed by atoms with Crippen LogP contribution in [0.15, 0.2) is 12.2 Å². The molecule has 5 rings (SSSR count). The van der Waals surface area contributed by atoms with Crippen molar-refractivity contribution in [3.8, 4) is 0 Å². The second-order valence-corrected chi connectivity index (χ2v) is 10.8. The molecule has 4 fully saturated rings. The van der Waals surface area contributed by atoms with Crippen LogP contribution in [0.5, 0.6) is 0 Å². The summed E-state index contributed by atoms with van der Waals surface area (Å²) >= 11 is 0. The van der Waals surface area contributed by atoms with Gasteiger partial charge in [-0.25, -0.2) is 0 Å². The number of Topliss-reactive ketones (excluding diaryl/α,β-unsaturated/α-hetero) is 1. The monoisotopic (exact) mass is 342 g/mol. The molecule has 4 saturated carbocycles. The standard InChI is InChI=1S/C22H30O3/c1-18(2)13-5-6-14-19(3)9-7-16(24)20(19,4)11-17(25)22(14)12-21(13,22)10-8-15(18)23/h8,10,13-14,17,25H,5-7,9,11-12H2,1-4H3/t13-,14-,17+,19-,20+,21+,22-/m0/s1. The number of rotatable bonds is 0. The van der Waals surface area contributed by atoms with Crippen LogP contribution in [0.3, 0.4) is 0 Å². The summed E-state index contributed by atoms with van der Waals surface area (Å²) in [4.78, 5) is 25.2. The maximum atomic E-state index is 12.7. The largest absolute Gasteiger partial charge is 0.392 e. The lowest BCUT2D eigenvalue weighted by molar-refractivity contribution is -0.174. The molecule has 0 unspecified atom stereocenters. The van der Waals surface area contributed by atoms with Crippen LogP contribution in [0.4, 0.5) is 0 Å². The molecule has 5 aliphatic carbocycles. The van der Waals surface area contributed by atoms with Crippen molar-refractivity contribution in [2.75, 3.05) is 0 Å². The Kier molecular flexibility index (Phi) is 2.68. The molecule has 5 aliphatic rings. The quantitative estimate of drug-likeness (QED) is 0.730. The van der Waals surface area contributed by atoms with E-state index >= 15 is 0 Å². The molecule has 0 radical (unpaired) electrons. The normalized spacial score (nSPS) is 58.2. The highest BCUT2D eigenvalue weighted by Crippen LogP contribution is 2.86. The van der Waals surface area contributed by atoms with Crippen molar-refractivity contribution < 1.29 is 14.7 Å². The molecule has 2 spiro atoms. The van der Waals surface area contributed by atoms with Crippen molar-refractivity contribution in [2.45, 2.75) is 72.3 Å². The number of fused-ring (bicyclic) bond motifs is 2. The first-order valence-electron chi connectivity index (χ1n) is 10.0. The fraction of sp³-hybridized carbons (Fsp3) is 0.818. The summed E-state index contributed by atoms with van der Waals surface area (Å²) < 4.78 is 0. The molecule has 136 valence electrons. The Morgan fingerprint density at radius 1 is 1.08 bits per heavy atom. The lowest BCUT2D eigenvalue weighted by Crippen LogP contribution is -2.60. The number of carbonyl (C=O) groups is 2. The number of ketones is 2. The molecule has 3 nitrogen and oxygen atoms in total. The summed E-state index contributed by atoms with van der Waals surface area (Å²) in [5.41, 5.74) is -0.845. The van der Waals surface area contributed by atoms with E-state index < -0.39 is 6.10 Å². The highest BCUT2D eigenvalue weighted by atomic mass is 16.3. The lowest BCUT2D eigenvalue weighted by Gasteiger charge is -2.61. The van der Waals surface area contributed by atoms with E-state index in [1.54, 1.807) is 6.08 Å². The lowest BCUT2D eigenvalue weighted by atomic mass is 9.43. The third-order valence-electron chi connectivity index (χ3n) is 10.1. The number of carbonyl (C=O) groups excluding carboxylic acids is 2. The Bertz CT molecular complexity index is 736. The SMILES string of the molecule is CC1(C)C(=O)C=C[C@]23C[C@]24[C@H](O)C[C@]2(C)C(=O)CC[C@@]2(C)[C@@H]4CC[C@@H]13. The van der Waals surface area contributed by atoms with E-state index in [2.05, 4.69) is 33.8 Å². The molecule has 0 saturated heterocycles. The second kappa shape index (κ2) is 4.13. The van der Waals surface area contributed by atoms with Gasteiger partial charge in [-0.05, 0) is 55.4 Å². The van der Waals surface area contributed by atoms with Crippen LogP contribution in [-0.2, 0) is 9.59 Å². The second-order valence-electron chi connectivity index (χ2n) is 10.8. The minimum atomic E-state index is -0.422. The zero-order chi connectivity index (χ0) is 18.0. The van der Waals surface area contributed by atoms with Gasteiger partial charge in [-0.2, -0.15) is 0 Å². The van der Waals surface area contributed by atoms with Crippen LogP contribution >= 0.6 is 0 Å². The van der Waals surface area contributed by atoms with Gasteiger partial charge in [0.05, 0.1) is 6.10 Å². The maximum absolute atomic E-state index is 12.7. The smallest absolute Gasteiger partial charge is 0.161 e. The molecule has 0 aliphatic heterocycles. The van der Waals surface area contributed by atoms with Crippen LogP contribution in [0, 0.1) is 38.9 Å². The predicted octanol–water partition coefficient (Wildman–Crippen LogP) is 3.69. The fourth-order valence-corrected chi connectivity index (χ4v) is 8.39. The first-order valence-corrected chi connectivity index (χ1v) is 10.0. The number of aliphatic hydroxyl groups is 1. The average Bonchev–Trinajstić information content (AvgIpc) is 3.18.